The zero-order chi connectivity index (χ0) is 13.5. The molecule has 0 aliphatic rings. The Kier molecular flexibility index (Phi) is 7.63. The summed E-state index contributed by atoms with van der Waals surface area (Å²) in [6.07, 6.45) is 2.55. The molecule has 0 aliphatic heterocycles. The van der Waals surface area contributed by atoms with Gasteiger partial charge in [-0.05, 0) is 40.7 Å². The second kappa shape index (κ2) is 7.82. The lowest BCUT2D eigenvalue weighted by atomic mass is 9.92. The average molecular weight is 245 g/mol. The topological polar surface area (TPSA) is 63.9 Å². The molecule has 2 unspecified atom stereocenters. The number of allylic oxidation sites excluding steroid dienone is 2. The normalized spacial score (nSPS) is 16.7. The summed E-state index contributed by atoms with van der Waals surface area (Å²) in [5, 5.41) is 28.9. The first-order chi connectivity index (χ1) is 7.79. The highest BCUT2D eigenvalue weighted by atomic mass is 16.3. The smallest absolute Gasteiger partial charge is 0.0950 e. The van der Waals surface area contributed by atoms with Crippen LogP contribution in [0, 0.1) is 0 Å². The molecular formula is C13H27NO3. The van der Waals surface area contributed by atoms with Gasteiger partial charge in [0.1, 0.15) is 0 Å². The predicted octanol–water partition coefficient (Wildman–Crippen LogP) is 0.769. The lowest BCUT2D eigenvalue weighted by Crippen LogP contribution is -2.46. The molecule has 0 heterocycles. The second-order valence-electron chi connectivity index (χ2n) is 5.18. The van der Waals surface area contributed by atoms with Crippen molar-refractivity contribution in [2.24, 2.45) is 0 Å². The third-order valence-electron chi connectivity index (χ3n) is 2.89. The molecule has 0 aliphatic carbocycles. The first-order valence-electron chi connectivity index (χ1n) is 6.13. The summed E-state index contributed by atoms with van der Waals surface area (Å²) < 4.78 is 0. The van der Waals surface area contributed by atoms with E-state index in [4.69, 9.17) is 5.11 Å². The van der Waals surface area contributed by atoms with Crippen molar-refractivity contribution in [1.82, 2.24) is 4.90 Å². The Morgan fingerprint density at radius 2 is 2.00 bits per heavy atom. The van der Waals surface area contributed by atoms with E-state index in [0.29, 0.717) is 19.5 Å². The zero-order valence-electron chi connectivity index (χ0n) is 11.5. The maximum absolute atomic E-state index is 10.1. The van der Waals surface area contributed by atoms with Gasteiger partial charge in [-0.3, -0.25) is 0 Å². The van der Waals surface area contributed by atoms with Crippen LogP contribution in [0.25, 0.3) is 0 Å². The molecule has 0 aromatic heterocycles. The summed E-state index contributed by atoms with van der Waals surface area (Å²) in [6.45, 7) is 6.61. The van der Waals surface area contributed by atoms with Crippen LogP contribution in [-0.2, 0) is 0 Å². The first kappa shape index (κ1) is 16.6. The van der Waals surface area contributed by atoms with Crippen LogP contribution in [0.15, 0.2) is 11.6 Å². The van der Waals surface area contributed by atoms with Gasteiger partial charge in [-0.25, -0.2) is 0 Å². The molecule has 0 rings (SSSR count). The molecule has 0 bridgehead atoms. The Bertz CT molecular complexity index is 235. The van der Waals surface area contributed by atoms with Gasteiger partial charge >= 0.3 is 0 Å². The van der Waals surface area contributed by atoms with Gasteiger partial charge in [0, 0.05) is 13.1 Å². The van der Waals surface area contributed by atoms with Crippen LogP contribution in [0.2, 0.25) is 0 Å². The maximum Gasteiger partial charge on any atom is 0.0950 e. The van der Waals surface area contributed by atoms with E-state index in [1.807, 2.05) is 20.9 Å². The van der Waals surface area contributed by atoms with Crippen LogP contribution in [0.4, 0.5) is 0 Å². The van der Waals surface area contributed by atoms with Gasteiger partial charge in [-0.15, -0.1) is 0 Å². The number of aliphatic hydroxyl groups is 3. The van der Waals surface area contributed by atoms with Crippen molar-refractivity contribution in [2.45, 2.75) is 45.3 Å². The minimum absolute atomic E-state index is 0.0587. The standard InChI is InChI=1S/C13H27NO3/c1-11(2)6-5-7-13(3,17)12(16)10-14(4)8-9-15/h6,12,15-17H,5,7-10H2,1-4H3. The summed E-state index contributed by atoms with van der Waals surface area (Å²) in [5.74, 6) is 0. The maximum atomic E-state index is 10.1. The number of hydrogen-bond acceptors (Lipinski definition) is 4. The number of rotatable bonds is 8. The van der Waals surface area contributed by atoms with E-state index in [0.717, 1.165) is 6.42 Å². The molecule has 2 atom stereocenters. The Labute approximate surface area is 105 Å². The average Bonchev–Trinajstić information content (AvgIpc) is 2.16. The summed E-state index contributed by atoms with van der Waals surface area (Å²) in [6, 6.07) is 0. The van der Waals surface area contributed by atoms with E-state index < -0.39 is 11.7 Å². The number of likely N-dealkylation sites (N-methyl/N-ethyl adjacent to an activating group) is 1. The van der Waals surface area contributed by atoms with Gasteiger partial charge in [0.2, 0.25) is 0 Å². The van der Waals surface area contributed by atoms with Crippen molar-refractivity contribution in [3.63, 3.8) is 0 Å². The fourth-order valence-corrected chi connectivity index (χ4v) is 1.57. The molecule has 4 heteroatoms. The van der Waals surface area contributed by atoms with Crippen molar-refractivity contribution < 1.29 is 15.3 Å². The third kappa shape index (κ3) is 7.49. The van der Waals surface area contributed by atoms with E-state index in [-0.39, 0.29) is 6.61 Å². The Balaban J connectivity index is 4.14. The Hall–Kier alpha value is -0.420. The van der Waals surface area contributed by atoms with E-state index >= 15 is 0 Å². The van der Waals surface area contributed by atoms with Gasteiger partial charge in [0.05, 0.1) is 18.3 Å². The van der Waals surface area contributed by atoms with Crippen molar-refractivity contribution in [3.8, 4) is 0 Å². The predicted molar refractivity (Wildman–Crippen MR) is 69.9 cm³/mol. The molecule has 0 spiro atoms. The lowest BCUT2D eigenvalue weighted by molar-refractivity contribution is -0.0767. The Morgan fingerprint density at radius 3 is 2.47 bits per heavy atom. The molecule has 0 aromatic rings. The van der Waals surface area contributed by atoms with Crippen LogP contribution >= 0.6 is 0 Å². The summed E-state index contributed by atoms with van der Waals surface area (Å²) >= 11 is 0. The van der Waals surface area contributed by atoms with Crippen molar-refractivity contribution in [3.05, 3.63) is 11.6 Å². The minimum atomic E-state index is -1.09. The zero-order valence-corrected chi connectivity index (χ0v) is 11.5. The van der Waals surface area contributed by atoms with E-state index in [9.17, 15) is 10.2 Å². The van der Waals surface area contributed by atoms with Crippen LogP contribution < -0.4 is 0 Å². The van der Waals surface area contributed by atoms with E-state index in [1.165, 1.54) is 5.57 Å². The van der Waals surface area contributed by atoms with Crippen molar-refractivity contribution >= 4 is 0 Å². The number of aliphatic hydroxyl groups excluding tert-OH is 2. The number of nitrogens with zero attached hydrogens (tertiary/aromatic N) is 1. The summed E-state index contributed by atoms with van der Waals surface area (Å²) in [5.41, 5.74) is 0.128. The molecule has 17 heavy (non-hydrogen) atoms. The van der Waals surface area contributed by atoms with Crippen LogP contribution in [0.1, 0.15) is 33.6 Å². The fraction of sp³-hybridized carbons (Fsp3) is 0.846. The molecule has 0 fully saturated rings. The van der Waals surface area contributed by atoms with Gasteiger partial charge in [0.15, 0.2) is 0 Å². The van der Waals surface area contributed by atoms with Crippen LogP contribution in [0.5, 0.6) is 0 Å². The molecule has 0 aromatic carbocycles. The molecule has 102 valence electrons. The van der Waals surface area contributed by atoms with E-state index in [1.54, 1.807) is 11.8 Å². The monoisotopic (exact) mass is 245 g/mol. The fourth-order valence-electron chi connectivity index (χ4n) is 1.57. The minimum Gasteiger partial charge on any atom is -0.395 e. The lowest BCUT2D eigenvalue weighted by Gasteiger charge is -2.31. The van der Waals surface area contributed by atoms with Gasteiger partial charge < -0.3 is 20.2 Å². The molecule has 0 radical (unpaired) electrons. The first-order valence-corrected chi connectivity index (χ1v) is 6.13. The van der Waals surface area contributed by atoms with Crippen LogP contribution in [-0.4, -0.2) is 58.7 Å². The SMILES string of the molecule is CC(C)=CCCC(C)(O)C(O)CN(C)CCO. The van der Waals surface area contributed by atoms with Crippen molar-refractivity contribution in [2.75, 3.05) is 26.7 Å². The quantitative estimate of drug-likeness (QED) is 0.553. The highest BCUT2D eigenvalue weighted by Gasteiger charge is 2.30. The Morgan fingerprint density at radius 1 is 1.41 bits per heavy atom. The van der Waals surface area contributed by atoms with Gasteiger partial charge in [-0.2, -0.15) is 0 Å². The van der Waals surface area contributed by atoms with Crippen molar-refractivity contribution in [1.29, 1.82) is 0 Å². The van der Waals surface area contributed by atoms with Gasteiger partial charge in [-0.1, -0.05) is 11.6 Å². The van der Waals surface area contributed by atoms with Crippen LogP contribution in [0.3, 0.4) is 0 Å². The number of hydrogen-bond donors (Lipinski definition) is 3. The van der Waals surface area contributed by atoms with Gasteiger partial charge in [0.25, 0.3) is 0 Å². The summed E-state index contributed by atoms with van der Waals surface area (Å²) in [7, 11) is 1.81. The third-order valence-corrected chi connectivity index (χ3v) is 2.89. The highest BCUT2D eigenvalue weighted by molar-refractivity contribution is 4.95. The molecule has 0 saturated carbocycles. The highest BCUT2D eigenvalue weighted by Crippen LogP contribution is 2.18. The largest absolute Gasteiger partial charge is 0.395 e. The second-order valence-corrected chi connectivity index (χ2v) is 5.18. The molecule has 0 amide bonds. The molecule has 0 saturated heterocycles. The molecule has 3 N–H and O–H groups in total. The molecule has 4 nitrogen and oxygen atoms in total. The summed E-state index contributed by atoms with van der Waals surface area (Å²) in [4.78, 5) is 1.81. The molecular weight excluding hydrogens is 218 g/mol. The van der Waals surface area contributed by atoms with E-state index in [2.05, 4.69) is 6.08 Å².